The van der Waals surface area contributed by atoms with Crippen LogP contribution >= 0.6 is 0 Å². The van der Waals surface area contributed by atoms with Crippen LogP contribution in [0.4, 0.5) is 0 Å². The number of carboxylic acid groups (broad SMARTS) is 1. The van der Waals surface area contributed by atoms with E-state index < -0.39 is 5.97 Å². The van der Waals surface area contributed by atoms with Crippen LogP contribution in [-0.4, -0.2) is 42.2 Å². The Morgan fingerprint density at radius 2 is 1.95 bits per heavy atom. The number of likely N-dealkylation sites (tertiary alicyclic amines) is 1. The van der Waals surface area contributed by atoms with E-state index in [-0.39, 0.29) is 6.04 Å². The zero-order chi connectivity index (χ0) is 15.2. The Kier molecular flexibility index (Phi) is 5.62. The van der Waals surface area contributed by atoms with Crippen LogP contribution in [-0.2, 0) is 11.2 Å². The summed E-state index contributed by atoms with van der Waals surface area (Å²) in [6.45, 7) is 3.74. The second kappa shape index (κ2) is 7.46. The van der Waals surface area contributed by atoms with Gasteiger partial charge in [0, 0.05) is 0 Å². The maximum absolute atomic E-state index is 11.2. The van der Waals surface area contributed by atoms with E-state index in [1.807, 2.05) is 19.1 Å². The van der Waals surface area contributed by atoms with Crippen LogP contribution in [0.1, 0.15) is 31.7 Å². The summed E-state index contributed by atoms with van der Waals surface area (Å²) in [6.07, 6.45) is 3.91. The summed E-state index contributed by atoms with van der Waals surface area (Å²) >= 11 is 0. The lowest BCUT2D eigenvalue weighted by Gasteiger charge is -2.35. The SMILES string of the molecule is CCC(C(=O)O)N1CCC(Cc2ccc(OC)cc2)CC1. The fourth-order valence-electron chi connectivity index (χ4n) is 3.15. The molecule has 1 aliphatic heterocycles. The number of rotatable bonds is 6. The van der Waals surface area contributed by atoms with Gasteiger partial charge < -0.3 is 9.84 Å². The highest BCUT2D eigenvalue weighted by atomic mass is 16.5. The van der Waals surface area contributed by atoms with E-state index in [2.05, 4.69) is 17.0 Å². The Balaban J connectivity index is 1.84. The van der Waals surface area contributed by atoms with Gasteiger partial charge >= 0.3 is 5.97 Å². The van der Waals surface area contributed by atoms with Crippen molar-refractivity contribution >= 4 is 5.97 Å². The molecule has 1 saturated heterocycles. The minimum atomic E-state index is -0.689. The Morgan fingerprint density at radius 3 is 2.43 bits per heavy atom. The van der Waals surface area contributed by atoms with Crippen molar-refractivity contribution in [2.75, 3.05) is 20.2 Å². The topological polar surface area (TPSA) is 49.8 Å². The van der Waals surface area contributed by atoms with Gasteiger partial charge in [-0.25, -0.2) is 0 Å². The average molecular weight is 291 g/mol. The molecule has 1 unspecified atom stereocenters. The van der Waals surface area contributed by atoms with Gasteiger partial charge in [0.05, 0.1) is 7.11 Å². The van der Waals surface area contributed by atoms with Crippen molar-refractivity contribution < 1.29 is 14.6 Å². The van der Waals surface area contributed by atoms with Crippen molar-refractivity contribution in [2.24, 2.45) is 5.92 Å². The van der Waals surface area contributed by atoms with Crippen LogP contribution < -0.4 is 4.74 Å². The van der Waals surface area contributed by atoms with Gasteiger partial charge in [0.1, 0.15) is 11.8 Å². The molecule has 4 nitrogen and oxygen atoms in total. The van der Waals surface area contributed by atoms with Crippen LogP contribution in [0.2, 0.25) is 0 Å². The summed E-state index contributed by atoms with van der Waals surface area (Å²) < 4.78 is 5.17. The van der Waals surface area contributed by atoms with Crippen LogP contribution in [0.25, 0.3) is 0 Å². The molecule has 1 heterocycles. The smallest absolute Gasteiger partial charge is 0.320 e. The predicted molar refractivity (Wildman–Crippen MR) is 82.7 cm³/mol. The lowest BCUT2D eigenvalue weighted by atomic mass is 9.89. The molecule has 1 N–H and O–H groups in total. The molecule has 1 fully saturated rings. The van der Waals surface area contributed by atoms with Gasteiger partial charge in [0.15, 0.2) is 0 Å². The first-order valence-corrected chi connectivity index (χ1v) is 7.73. The molecule has 21 heavy (non-hydrogen) atoms. The van der Waals surface area contributed by atoms with E-state index in [1.165, 1.54) is 5.56 Å². The van der Waals surface area contributed by atoms with Crippen molar-refractivity contribution in [1.82, 2.24) is 4.90 Å². The number of piperidine rings is 1. The number of aliphatic carboxylic acids is 1. The maximum atomic E-state index is 11.2. The number of hydrogen-bond donors (Lipinski definition) is 1. The number of ether oxygens (including phenoxy) is 1. The molecule has 0 saturated carbocycles. The normalized spacial score (nSPS) is 18.4. The lowest BCUT2D eigenvalue weighted by Crippen LogP contribution is -2.45. The monoisotopic (exact) mass is 291 g/mol. The first-order chi connectivity index (χ1) is 10.1. The van der Waals surface area contributed by atoms with Crippen molar-refractivity contribution in [3.05, 3.63) is 29.8 Å². The molecule has 116 valence electrons. The fraction of sp³-hybridized carbons (Fsp3) is 0.588. The third-order valence-corrected chi connectivity index (χ3v) is 4.45. The molecular weight excluding hydrogens is 266 g/mol. The largest absolute Gasteiger partial charge is 0.497 e. The fourth-order valence-corrected chi connectivity index (χ4v) is 3.15. The molecule has 0 radical (unpaired) electrons. The van der Waals surface area contributed by atoms with E-state index in [0.29, 0.717) is 12.3 Å². The van der Waals surface area contributed by atoms with Crippen molar-refractivity contribution in [3.63, 3.8) is 0 Å². The zero-order valence-corrected chi connectivity index (χ0v) is 12.9. The molecule has 0 aliphatic carbocycles. The summed E-state index contributed by atoms with van der Waals surface area (Å²) in [7, 11) is 1.68. The molecular formula is C17H25NO3. The quantitative estimate of drug-likeness (QED) is 0.875. The van der Waals surface area contributed by atoms with Crippen LogP contribution in [0.15, 0.2) is 24.3 Å². The van der Waals surface area contributed by atoms with Gasteiger partial charge in [-0.15, -0.1) is 0 Å². The molecule has 2 rings (SSSR count). The molecule has 1 aromatic rings. The number of nitrogens with zero attached hydrogens (tertiary/aromatic N) is 1. The summed E-state index contributed by atoms with van der Waals surface area (Å²) in [4.78, 5) is 13.3. The molecule has 0 amide bonds. The maximum Gasteiger partial charge on any atom is 0.320 e. The molecule has 4 heteroatoms. The summed E-state index contributed by atoms with van der Waals surface area (Å²) in [5.74, 6) is 0.855. The molecule has 1 aliphatic rings. The first-order valence-electron chi connectivity index (χ1n) is 7.73. The predicted octanol–water partition coefficient (Wildman–Crippen LogP) is 2.81. The molecule has 1 atom stereocenters. The highest BCUT2D eigenvalue weighted by Crippen LogP contribution is 2.24. The Morgan fingerprint density at radius 1 is 1.33 bits per heavy atom. The second-order valence-corrected chi connectivity index (χ2v) is 5.79. The zero-order valence-electron chi connectivity index (χ0n) is 12.9. The number of hydrogen-bond acceptors (Lipinski definition) is 3. The van der Waals surface area contributed by atoms with Crippen molar-refractivity contribution in [2.45, 2.75) is 38.6 Å². The molecule has 1 aromatic carbocycles. The van der Waals surface area contributed by atoms with Crippen LogP contribution in [0.3, 0.4) is 0 Å². The number of carboxylic acids is 1. The van der Waals surface area contributed by atoms with Gasteiger partial charge in [-0.05, 0) is 62.4 Å². The summed E-state index contributed by atoms with van der Waals surface area (Å²) in [5, 5.41) is 9.22. The van der Waals surface area contributed by atoms with Crippen molar-refractivity contribution in [1.29, 1.82) is 0 Å². The number of carbonyl (C=O) groups is 1. The average Bonchev–Trinajstić information content (AvgIpc) is 2.50. The van der Waals surface area contributed by atoms with Gasteiger partial charge in [-0.1, -0.05) is 19.1 Å². The van der Waals surface area contributed by atoms with E-state index in [9.17, 15) is 9.90 Å². The lowest BCUT2D eigenvalue weighted by molar-refractivity contribution is -0.144. The van der Waals surface area contributed by atoms with Gasteiger partial charge in [0.2, 0.25) is 0 Å². The second-order valence-electron chi connectivity index (χ2n) is 5.79. The van der Waals surface area contributed by atoms with Crippen molar-refractivity contribution in [3.8, 4) is 5.75 Å². The van der Waals surface area contributed by atoms with E-state index >= 15 is 0 Å². The number of methoxy groups -OCH3 is 1. The van der Waals surface area contributed by atoms with E-state index in [4.69, 9.17) is 4.74 Å². The highest BCUT2D eigenvalue weighted by molar-refractivity contribution is 5.73. The van der Waals surface area contributed by atoms with Gasteiger partial charge in [0.25, 0.3) is 0 Å². The minimum Gasteiger partial charge on any atom is -0.497 e. The highest BCUT2D eigenvalue weighted by Gasteiger charge is 2.28. The van der Waals surface area contributed by atoms with E-state index in [1.54, 1.807) is 7.11 Å². The van der Waals surface area contributed by atoms with Gasteiger partial charge in [-0.2, -0.15) is 0 Å². The standard InChI is InChI=1S/C17H25NO3/c1-3-16(17(19)20)18-10-8-14(9-11-18)12-13-4-6-15(21-2)7-5-13/h4-7,14,16H,3,8-12H2,1-2H3,(H,19,20). The van der Waals surface area contributed by atoms with Crippen LogP contribution in [0, 0.1) is 5.92 Å². The van der Waals surface area contributed by atoms with E-state index in [0.717, 1.165) is 38.1 Å². The molecule has 0 spiro atoms. The Labute approximate surface area is 126 Å². The summed E-state index contributed by atoms with van der Waals surface area (Å²) in [6, 6.07) is 7.94. The first kappa shape index (κ1) is 15.8. The molecule has 0 bridgehead atoms. The minimum absolute atomic E-state index is 0.313. The third kappa shape index (κ3) is 4.21. The Hall–Kier alpha value is -1.55. The summed E-state index contributed by atoms with van der Waals surface area (Å²) in [5.41, 5.74) is 1.33. The molecule has 0 aromatic heterocycles. The van der Waals surface area contributed by atoms with Gasteiger partial charge in [-0.3, -0.25) is 9.69 Å². The van der Waals surface area contributed by atoms with Crippen LogP contribution in [0.5, 0.6) is 5.75 Å². The third-order valence-electron chi connectivity index (χ3n) is 4.45. The number of benzene rings is 1. The Bertz CT molecular complexity index is 450.